The van der Waals surface area contributed by atoms with E-state index in [1.54, 1.807) is 19.2 Å². The van der Waals surface area contributed by atoms with Crippen LogP contribution >= 0.6 is 0 Å². The lowest BCUT2D eigenvalue weighted by atomic mass is 10.0. The Labute approximate surface area is 124 Å². The largest absolute Gasteiger partial charge is 0.493 e. The molecule has 4 nitrogen and oxygen atoms in total. The molecule has 0 amide bonds. The van der Waals surface area contributed by atoms with E-state index in [4.69, 9.17) is 9.47 Å². The molecule has 0 saturated heterocycles. The number of carboxylic acid groups (broad SMARTS) is 1. The van der Waals surface area contributed by atoms with Gasteiger partial charge in [0.15, 0.2) is 0 Å². The van der Waals surface area contributed by atoms with Crippen molar-refractivity contribution in [3.63, 3.8) is 0 Å². The first-order valence-corrected chi connectivity index (χ1v) is 6.87. The summed E-state index contributed by atoms with van der Waals surface area (Å²) in [5.74, 6) is -0.582. The molecule has 0 spiro atoms. The van der Waals surface area contributed by atoms with E-state index >= 15 is 0 Å². The second-order valence-electron chi connectivity index (χ2n) is 5.53. The molecule has 0 unspecified atom stereocenters. The van der Waals surface area contributed by atoms with Gasteiger partial charge in [0.25, 0.3) is 0 Å². The Hall–Kier alpha value is -2.07. The van der Waals surface area contributed by atoms with Crippen LogP contribution in [-0.4, -0.2) is 30.4 Å². The number of benzene rings is 2. The summed E-state index contributed by atoms with van der Waals surface area (Å²) < 4.78 is 11.0. The number of fused-ring (bicyclic) bond motifs is 1. The molecular formula is C17H20O4. The molecule has 0 aliphatic rings. The minimum Gasteiger partial charge on any atom is -0.493 e. The highest BCUT2D eigenvalue weighted by molar-refractivity contribution is 6.06. The number of carbonyl (C=O) groups is 1. The van der Waals surface area contributed by atoms with Crippen LogP contribution in [0.15, 0.2) is 36.4 Å². The highest BCUT2D eigenvalue weighted by Crippen LogP contribution is 2.28. The molecule has 0 heterocycles. The number of aromatic carboxylic acids is 1. The van der Waals surface area contributed by atoms with Crippen LogP contribution in [0.4, 0.5) is 0 Å². The van der Waals surface area contributed by atoms with E-state index in [-0.39, 0.29) is 11.2 Å². The Morgan fingerprint density at radius 3 is 2.57 bits per heavy atom. The molecule has 112 valence electrons. The maximum atomic E-state index is 11.5. The fourth-order valence-corrected chi connectivity index (χ4v) is 2.10. The maximum absolute atomic E-state index is 11.5. The molecule has 0 saturated carbocycles. The maximum Gasteiger partial charge on any atom is 0.340 e. The van der Waals surface area contributed by atoms with Crippen molar-refractivity contribution >= 4 is 16.7 Å². The molecule has 1 N–H and O–H groups in total. The summed E-state index contributed by atoms with van der Waals surface area (Å²) in [6, 6.07) is 11.0. The zero-order valence-corrected chi connectivity index (χ0v) is 12.6. The molecule has 0 radical (unpaired) electrons. The zero-order valence-electron chi connectivity index (χ0n) is 12.6. The van der Waals surface area contributed by atoms with Crippen molar-refractivity contribution in [1.82, 2.24) is 0 Å². The molecule has 0 fully saturated rings. The van der Waals surface area contributed by atoms with Gasteiger partial charge in [0.05, 0.1) is 12.2 Å². The van der Waals surface area contributed by atoms with Crippen molar-refractivity contribution < 1.29 is 19.4 Å². The van der Waals surface area contributed by atoms with E-state index in [1.165, 1.54) is 0 Å². The van der Waals surface area contributed by atoms with Crippen LogP contribution in [-0.2, 0) is 4.74 Å². The Kier molecular flexibility index (Phi) is 4.48. The van der Waals surface area contributed by atoms with Gasteiger partial charge >= 0.3 is 5.97 Å². The van der Waals surface area contributed by atoms with Crippen LogP contribution in [0.1, 0.15) is 30.6 Å². The SMILES string of the molecule is COC(C)(C)CCOc1ccc2ccccc2c1C(=O)O. The molecule has 2 rings (SSSR count). The molecule has 2 aromatic rings. The van der Waals surface area contributed by atoms with Gasteiger partial charge in [-0.2, -0.15) is 0 Å². The van der Waals surface area contributed by atoms with Gasteiger partial charge in [-0.05, 0) is 30.7 Å². The highest BCUT2D eigenvalue weighted by atomic mass is 16.5. The molecule has 0 atom stereocenters. The van der Waals surface area contributed by atoms with Crippen LogP contribution in [0.2, 0.25) is 0 Å². The van der Waals surface area contributed by atoms with Gasteiger partial charge in [-0.15, -0.1) is 0 Å². The van der Waals surface area contributed by atoms with E-state index < -0.39 is 5.97 Å². The van der Waals surface area contributed by atoms with Crippen LogP contribution < -0.4 is 4.74 Å². The van der Waals surface area contributed by atoms with Gasteiger partial charge in [-0.25, -0.2) is 4.79 Å². The number of hydrogen-bond acceptors (Lipinski definition) is 3. The first kappa shape index (κ1) is 15.3. The van der Waals surface area contributed by atoms with E-state index in [1.807, 2.05) is 38.1 Å². The van der Waals surface area contributed by atoms with Gasteiger partial charge in [0, 0.05) is 13.5 Å². The fraction of sp³-hybridized carbons (Fsp3) is 0.353. The van der Waals surface area contributed by atoms with Crippen LogP contribution in [0.3, 0.4) is 0 Å². The molecule has 0 aromatic heterocycles. The van der Waals surface area contributed by atoms with E-state index in [2.05, 4.69) is 0 Å². The van der Waals surface area contributed by atoms with Gasteiger partial charge in [0.1, 0.15) is 11.3 Å². The van der Waals surface area contributed by atoms with Gasteiger partial charge in [-0.3, -0.25) is 0 Å². The van der Waals surface area contributed by atoms with E-state index in [9.17, 15) is 9.90 Å². The first-order valence-electron chi connectivity index (χ1n) is 6.87. The monoisotopic (exact) mass is 288 g/mol. The zero-order chi connectivity index (χ0) is 15.5. The molecular weight excluding hydrogens is 268 g/mol. The summed E-state index contributed by atoms with van der Waals surface area (Å²) in [6.45, 7) is 4.34. The molecule has 21 heavy (non-hydrogen) atoms. The van der Waals surface area contributed by atoms with Crippen molar-refractivity contribution in [2.75, 3.05) is 13.7 Å². The predicted octanol–water partition coefficient (Wildman–Crippen LogP) is 3.73. The van der Waals surface area contributed by atoms with E-state index in [0.717, 1.165) is 5.39 Å². The fourth-order valence-electron chi connectivity index (χ4n) is 2.10. The number of ether oxygens (including phenoxy) is 2. The van der Waals surface area contributed by atoms with Gasteiger partial charge in [-0.1, -0.05) is 30.3 Å². The topological polar surface area (TPSA) is 55.8 Å². The third-order valence-electron chi connectivity index (χ3n) is 3.62. The molecule has 4 heteroatoms. The van der Waals surface area contributed by atoms with Crippen molar-refractivity contribution in [2.24, 2.45) is 0 Å². The first-order chi connectivity index (χ1) is 9.94. The minimum atomic E-state index is -0.979. The summed E-state index contributed by atoms with van der Waals surface area (Å²) >= 11 is 0. The minimum absolute atomic E-state index is 0.211. The van der Waals surface area contributed by atoms with Gasteiger partial charge in [0.2, 0.25) is 0 Å². The summed E-state index contributed by atoms with van der Waals surface area (Å²) in [4.78, 5) is 11.5. The standard InChI is InChI=1S/C17H20O4/c1-17(2,20-3)10-11-21-14-9-8-12-6-4-5-7-13(12)15(14)16(18)19/h4-9H,10-11H2,1-3H3,(H,18,19). The lowest BCUT2D eigenvalue weighted by Crippen LogP contribution is -2.25. The quantitative estimate of drug-likeness (QED) is 0.880. The van der Waals surface area contributed by atoms with Crippen LogP contribution in [0.25, 0.3) is 10.8 Å². The molecule has 0 bridgehead atoms. The predicted molar refractivity (Wildman–Crippen MR) is 82.1 cm³/mol. The van der Waals surface area contributed by atoms with Crippen molar-refractivity contribution in [1.29, 1.82) is 0 Å². The van der Waals surface area contributed by atoms with Gasteiger partial charge < -0.3 is 14.6 Å². The summed E-state index contributed by atoms with van der Waals surface area (Å²) in [5.41, 5.74) is -0.0800. The van der Waals surface area contributed by atoms with Crippen molar-refractivity contribution in [2.45, 2.75) is 25.9 Å². The summed E-state index contributed by atoms with van der Waals surface area (Å²) in [5, 5.41) is 11.0. The van der Waals surface area contributed by atoms with Crippen molar-refractivity contribution in [3.05, 3.63) is 42.0 Å². The Bertz CT molecular complexity index is 646. The Morgan fingerprint density at radius 1 is 1.19 bits per heavy atom. The highest BCUT2D eigenvalue weighted by Gasteiger charge is 2.19. The third-order valence-corrected chi connectivity index (χ3v) is 3.62. The number of methoxy groups -OCH3 is 1. The smallest absolute Gasteiger partial charge is 0.340 e. The molecule has 0 aliphatic heterocycles. The number of hydrogen-bond donors (Lipinski definition) is 1. The van der Waals surface area contributed by atoms with Crippen molar-refractivity contribution in [3.8, 4) is 5.75 Å². The Balaban J connectivity index is 2.27. The molecule has 0 aliphatic carbocycles. The number of rotatable bonds is 6. The second-order valence-corrected chi connectivity index (χ2v) is 5.53. The summed E-state index contributed by atoms with van der Waals surface area (Å²) in [7, 11) is 1.65. The Morgan fingerprint density at radius 2 is 1.90 bits per heavy atom. The average molecular weight is 288 g/mol. The average Bonchev–Trinajstić information content (AvgIpc) is 2.46. The van der Waals surface area contributed by atoms with Crippen LogP contribution in [0, 0.1) is 0 Å². The third kappa shape index (κ3) is 3.52. The molecule has 2 aromatic carbocycles. The lowest BCUT2D eigenvalue weighted by molar-refractivity contribution is 0.00539. The number of carboxylic acids is 1. The van der Waals surface area contributed by atoms with E-state index in [0.29, 0.717) is 24.2 Å². The normalized spacial score (nSPS) is 11.6. The van der Waals surface area contributed by atoms with Crippen LogP contribution in [0.5, 0.6) is 5.75 Å². The second kappa shape index (κ2) is 6.14. The lowest BCUT2D eigenvalue weighted by Gasteiger charge is -2.23. The summed E-state index contributed by atoms with van der Waals surface area (Å²) in [6.07, 6.45) is 0.676.